The molecule has 188 valence electrons. The van der Waals surface area contributed by atoms with Gasteiger partial charge in [0.15, 0.2) is 0 Å². The van der Waals surface area contributed by atoms with Gasteiger partial charge in [-0.05, 0) is 12.8 Å². The number of carbonyl (C=O) groups excluding carboxylic acids is 3. The molecule has 0 radical (unpaired) electrons. The van der Waals surface area contributed by atoms with E-state index in [1.807, 2.05) is 0 Å². The minimum Gasteiger partial charge on any atom is -0.461 e. The van der Waals surface area contributed by atoms with Crippen molar-refractivity contribution in [1.82, 2.24) is 14.7 Å². The Bertz CT molecular complexity index is 819. The van der Waals surface area contributed by atoms with Crippen LogP contribution in [0.15, 0.2) is 25.3 Å². The van der Waals surface area contributed by atoms with E-state index in [0.29, 0.717) is 39.3 Å². The SMILES string of the molecule is C=CCOC(=O)[C@@H]1[C@H]2C(=O)N(CCO)C(C(=O)N(CC=C)CCN3CCOCC3)C23CC[C@H]1S3. The topological polar surface area (TPSA) is 99.6 Å². The van der Waals surface area contributed by atoms with Crippen molar-refractivity contribution in [2.45, 2.75) is 28.9 Å². The largest absolute Gasteiger partial charge is 0.461 e. The monoisotopic (exact) mass is 493 g/mol. The lowest BCUT2D eigenvalue weighted by atomic mass is 9.71. The molecule has 4 heterocycles. The van der Waals surface area contributed by atoms with E-state index in [0.717, 1.165) is 19.5 Å². The summed E-state index contributed by atoms with van der Waals surface area (Å²) in [4.78, 5) is 46.1. The van der Waals surface area contributed by atoms with Crippen LogP contribution in [-0.4, -0.2) is 119 Å². The van der Waals surface area contributed by atoms with E-state index in [9.17, 15) is 19.5 Å². The number of rotatable bonds is 11. The molecule has 0 saturated carbocycles. The maximum atomic E-state index is 14.0. The van der Waals surface area contributed by atoms with Gasteiger partial charge in [-0.25, -0.2) is 0 Å². The summed E-state index contributed by atoms with van der Waals surface area (Å²) in [5.74, 6) is -1.95. The first kappa shape index (κ1) is 25.2. The number of amides is 2. The molecule has 9 nitrogen and oxygen atoms in total. The normalized spacial score (nSPS) is 32.5. The van der Waals surface area contributed by atoms with Gasteiger partial charge in [-0.2, -0.15) is 0 Å². The molecule has 10 heteroatoms. The molecule has 1 N–H and O–H groups in total. The van der Waals surface area contributed by atoms with E-state index >= 15 is 0 Å². The van der Waals surface area contributed by atoms with E-state index in [-0.39, 0.29) is 36.8 Å². The average Bonchev–Trinajstić information content (AvgIpc) is 3.48. The van der Waals surface area contributed by atoms with Crippen molar-refractivity contribution in [3.63, 3.8) is 0 Å². The van der Waals surface area contributed by atoms with Gasteiger partial charge in [0.05, 0.1) is 36.4 Å². The second-order valence-electron chi connectivity index (χ2n) is 9.26. The molecule has 4 fully saturated rings. The summed E-state index contributed by atoms with van der Waals surface area (Å²) in [5, 5.41) is 9.68. The number of β-amino-alcohol motifs (C(OH)–C–C–N with tert-alkyl or cyclic N) is 1. The molecule has 2 amide bonds. The molecule has 2 unspecified atom stereocenters. The van der Waals surface area contributed by atoms with Gasteiger partial charge in [0.2, 0.25) is 11.8 Å². The van der Waals surface area contributed by atoms with Crippen molar-refractivity contribution < 1.29 is 29.0 Å². The van der Waals surface area contributed by atoms with Crippen LogP contribution in [0.5, 0.6) is 0 Å². The van der Waals surface area contributed by atoms with Gasteiger partial charge < -0.3 is 24.4 Å². The summed E-state index contributed by atoms with van der Waals surface area (Å²) in [6.07, 6.45) is 4.66. The molecular weight excluding hydrogens is 458 g/mol. The van der Waals surface area contributed by atoms with Crippen molar-refractivity contribution in [2.24, 2.45) is 11.8 Å². The second-order valence-corrected chi connectivity index (χ2v) is 10.9. The first-order chi connectivity index (χ1) is 16.5. The van der Waals surface area contributed by atoms with Crippen LogP contribution in [-0.2, 0) is 23.9 Å². The lowest BCUT2D eigenvalue weighted by molar-refractivity contribution is -0.153. The molecular formula is C24H35N3O6S. The van der Waals surface area contributed by atoms with Crippen molar-refractivity contribution in [2.75, 3.05) is 65.7 Å². The van der Waals surface area contributed by atoms with E-state index in [4.69, 9.17) is 9.47 Å². The van der Waals surface area contributed by atoms with Crippen LogP contribution in [0.1, 0.15) is 12.8 Å². The summed E-state index contributed by atoms with van der Waals surface area (Å²) in [7, 11) is 0. The summed E-state index contributed by atoms with van der Waals surface area (Å²) in [6.45, 7) is 12.0. The Morgan fingerprint density at radius 2 is 2.03 bits per heavy atom. The van der Waals surface area contributed by atoms with Gasteiger partial charge in [-0.1, -0.05) is 18.7 Å². The van der Waals surface area contributed by atoms with E-state index in [2.05, 4.69) is 18.1 Å². The zero-order chi connectivity index (χ0) is 24.3. The number of likely N-dealkylation sites (tertiary alicyclic amines) is 1. The highest BCUT2D eigenvalue weighted by atomic mass is 32.2. The zero-order valence-electron chi connectivity index (χ0n) is 19.6. The molecule has 4 saturated heterocycles. The number of nitrogens with zero attached hydrogens (tertiary/aromatic N) is 3. The number of fused-ring (bicyclic) bond motifs is 1. The first-order valence-electron chi connectivity index (χ1n) is 12.0. The Morgan fingerprint density at radius 3 is 2.71 bits per heavy atom. The smallest absolute Gasteiger partial charge is 0.311 e. The Kier molecular flexibility index (Phi) is 8.01. The van der Waals surface area contributed by atoms with Crippen LogP contribution in [0.25, 0.3) is 0 Å². The van der Waals surface area contributed by atoms with Crippen LogP contribution < -0.4 is 0 Å². The van der Waals surface area contributed by atoms with Gasteiger partial charge in [0.1, 0.15) is 12.6 Å². The van der Waals surface area contributed by atoms with Crippen molar-refractivity contribution in [3.8, 4) is 0 Å². The van der Waals surface area contributed by atoms with Crippen LogP contribution in [0, 0.1) is 11.8 Å². The summed E-state index contributed by atoms with van der Waals surface area (Å²) < 4.78 is 10.1. The molecule has 0 aromatic carbocycles. The molecule has 2 bridgehead atoms. The number of esters is 1. The lowest BCUT2D eigenvalue weighted by Crippen LogP contribution is -2.56. The number of thioether (sulfide) groups is 1. The molecule has 0 aromatic heterocycles. The maximum Gasteiger partial charge on any atom is 0.311 e. The van der Waals surface area contributed by atoms with Crippen LogP contribution in [0.2, 0.25) is 0 Å². The molecule has 5 atom stereocenters. The van der Waals surface area contributed by atoms with Crippen LogP contribution >= 0.6 is 11.8 Å². The molecule has 4 rings (SSSR count). The van der Waals surface area contributed by atoms with Crippen LogP contribution in [0.4, 0.5) is 0 Å². The predicted octanol–water partition coefficient (Wildman–Crippen LogP) is 0.146. The molecule has 34 heavy (non-hydrogen) atoms. The minimum atomic E-state index is -0.714. The van der Waals surface area contributed by atoms with Crippen molar-refractivity contribution in [1.29, 1.82) is 0 Å². The Morgan fingerprint density at radius 1 is 1.26 bits per heavy atom. The highest BCUT2D eigenvalue weighted by Crippen LogP contribution is 2.66. The Labute approximate surface area is 205 Å². The maximum absolute atomic E-state index is 14.0. The molecule has 4 aliphatic heterocycles. The third kappa shape index (κ3) is 4.41. The minimum absolute atomic E-state index is 0.0425. The van der Waals surface area contributed by atoms with E-state index in [1.54, 1.807) is 22.7 Å². The standard InChI is InChI=1S/C24H35N3O6S/c1-3-7-26(9-8-25-11-15-32-16-12-25)22(30)20-24-6-5-17(34-24)18(23(31)33-14-4-2)19(24)21(29)27(20)10-13-28/h3-4,17-20,28H,1-2,5-16H2/t17-,18+,19+,20?,24?/m1/s1. The molecule has 1 spiro atoms. The number of hydrogen-bond donors (Lipinski definition) is 1. The number of aliphatic hydroxyl groups is 1. The summed E-state index contributed by atoms with van der Waals surface area (Å²) in [6, 6.07) is -0.714. The van der Waals surface area contributed by atoms with E-state index in [1.165, 1.54) is 11.0 Å². The van der Waals surface area contributed by atoms with Crippen molar-refractivity contribution >= 4 is 29.5 Å². The first-order valence-corrected chi connectivity index (χ1v) is 12.9. The summed E-state index contributed by atoms with van der Waals surface area (Å²) in [5.41, 5.74) is 0. The number of hydrogen-bond acceptors (Lipinski definition) is 8. The Hall–Kier alpha value is -1.88. The lowest BCUT2D eigenvalue weighted by Gasteiger charge is -2.38. The highest BCUT2D eigenvalue weighted by molar-refractivity contribution is 8.02. The average molecular weight is 494 g/mol. The number of aliphatic hydroxyl groups excluding tert-OH is 1. The summed E-state index contributed by atoms with van der Waals surface area (Å²) >= 11 is 1.60. The number of ether oxygens (including phenoxy) is 2. The van der Waals surface area contributed by atoms with Crippen molar-refractivity contribution in [3.05, 3.63) is 25.3 Å². The predicted molar refractivity (Wildman–Crippen MR) is 128 cm³/mol. The molecule has 0 aliphatic carbocycles. The van der Waals surface area contributed by atoms with Gasteiger partial charge in [-0.15, -0.1) is 18.3 Å². The van der Waals surface area contributed by atoms with Gasteiger partial charge in [-0.3, -0.25) is 19.3 Å². The fraction of sp³-hybridized carbons (Fsp3) is 0.708. The third-order valence-electron chi connectivity index (χ3n) is 7.44. The van der Waals surface area contributed by atoms with E-state index < -0.39 is 28.6 Å². The second kappa shape index (κ2) is 10.8. The Balaban J connectivity index is 1.59. The third-order valence-corrected chi connectivity index (χ3v) is 9.39. The fourth-order valence-electron chi connectivity index (χ4n) is 5.99. The van der Waals surface area contributed by atoms with Gasteiger partial charge in [0.25, 0.3) is 0 Å². The molecule has 0 aromatic rings. The number of carbonyl (C=O) groups is 3. The number of morpholine rings is 1. The zero-order valence-corrected chi connectivity index (χ0v) is 20.4. The van der Waals surface area contributed by atoms with Gasteiger partial charge in [0, 0.05) is 44.5 Å². The fourth-order valence-corrected chi connectivity index (χ4v) is 8.19. The highest BCUT2D eigenvalue weighted by Gasteiger charge is 2.74. The van der Waals surface area contributed by atoms with Gasteiger partial charge >= 0.3 is 5.97 Å². The quantitative estimate of drug-likeness (QED) is 0.321. The molecule has 4 aliphatic rings. The van der Waals surface area contributed by atoms with Crippen LogP contribution in [0.3, 0.4) is 0 Å².